The summed E-state index contributed by atoms with van der Waals surface area (Å²) < 4.78 is 0. The van der Waals surface area contributed by atoms with Crippen molar-refractivity contribution in [2.75, 3.05) is 5.32 Å². The molecule has 3 nitrogen and oxygen atoms in total. The minimum Gasteiger partial charge on any atom is -0.392 e. The lowest BCUT2D eigenvalue weighted by molar-refractivity contribution is 0.103. The minimum atomic E-state index is -0.0406. The number of hydrogen-bond acceptors (Lipinski definition) is 3. The van der Waals surface area contributed by atoms with Gasteiger partial charge in [0.05, 0.1) is 11.5 Å². The van der Waals surface area contributed by atoms with Gasteiger partial charge in [-0.05, 0) is 55.0 Å². The van der Waals surface area contributed by atoms with Crippen LogP contribution in [-0.2, 0) is 19.4 Å². The molecular formula is C16H17NO2S. The van der Waals surface area contributed by atoms with E-state index in [2.05, 4.69) is 5.32 Å². The lowest BCUT2D eigenvalue weighted by atomic mass is 9.99. The standard InChI is InChI=1S/C16H17NO2S/c18-10-11-5-7-13(8-6-11)17-16(19)15-9-12-3-1-2-4-14(12)20-15/h5-9,18H,1-4,10H2,(H,17,19). The largest absolute Gasteiger partial charge is 0.392 e. The number of hydrogen-bond donors (Lipinski definition) is 2. The minimum absolute atomic E-state index is 0.0197. The van der Waals surface area contributed by atoms with Gasteiger partial charge in [0.15, 0.2) is 0 Å². The molecule has 0 spiro atoms. The molecule has 0 atom stereocenters. The lowest BCUT2D eigenvalue weighted by Crippen LogP contribution is -2.10. The van der Waals surface area contributed by atoms with E-state index in [1.54, 1.807) is 11.3 Å². The zero-order valence-corrected chi connectivity index (χ0v) is 12.0. The zero-order chi connectivity index (χ0) is 13.9. The molecule has 0 unspecified atom stereocenters. The van der Waals surface area contributed by atoms with E-state index in [-0.39, 0.29) is 12.5 Å². The Morgan fingerprint density at radius 3 is 2.65 bits per heavy atom. The Labute approximate surface area is 122 Å². The van der Waals surface area contributed by atoms with Crippen molar-refractivity contribution in [3.8, 4) is 0 Å². The summed E-state index contributed by atoms with van der Waals surface area (Å²) in [6, 6.07) is 9.30. The number of benzene rings is 1. The Hall–Kier alpha value is -1.65. The average molecular weight is 287 g/mol. The van der Waals surface area contributed by atoms with E-state index >= 15 is 0 Å². The topological polar surface area (TPSA) is 49.3 Å². The summed E-state index contributed by atoms with van der Waals surface area (Å²) in [6.07, 6.45) is 4.67. The molecule has 1 heterocycles. The third kappa shape index (κ3) is 2.76. The summed E-state index contributed by atoms with van der Waals surface area (Å²) in [6.45, 7) is 0.0197. The maximum Gasteiger partial charge on any atom is 0.265 e. The van der Waals surface area contributed by atoms with Gasteiger partial charge in [0.25, 0.3) is 5.91 Å². The maximum atomic E-state index is 12.2. The molecule has 0 saturated heterocycles. The molecule has 1 aliphatic carbocycles. The van der Waals surface area contributed by atoms with Crippen LogP contribution in [0.3, 0.4) is 0 Å². The summed E-state index contributed by atoms with van der Waals surface area (Å²) >= 11 is 1.62. The predicted molar refractivity (Wildman–Crippen MR) is 81.3 cm³/mol. The highest BCUT2D eigenvalue weighted by Crippen LogP contribution is 2.30. The molecule has 1 aromatic carbocycles. The van der Waals surface area contributed by atoms with Crippen LogP contribution in [0.1, 0.15) is 38.5 Å². The van der Waals surface area contributed by atoms with Crippen LogP contribution < -0.4 is 5.32 Å². The molecule has 20 heavy (non-hydrogen) atoms. The van der Waals surface area contributed by atoms with Crippen LogP contribution in [-0.4, -0.2) is 11.0 Å². The summed E-state index contributed by atoms with van der Waals surface area (Å²) in [4.78, 5) is 14.4. The molecule has 104 valence electrons. The summed E-state index contributed by atoms with van der Waals surface area (Å²) in [5, 5.41) is 11.9. The van der Waals surface area contributed by atoms with Crippen LogP contribution in [0, 0.1) is 0 Å². The third-order valence-corrected chi connectivity index (χ3v) is 4.85. The molecule has 1 aliphatic rings. The average Bonchev–Trinajstić information content (AvgIpc) is 2.92. The first kappa shape index (κ1) is 13.3. The number of nitrogens with one attached hydrogen (secondary N) is 1. The fraction of sp³-hybridized carbons (Fsp3) is 0.312. The van der Waals surface area contributed by atoms with E-state index in [4.69, 9.17) is 5.11 Å². The molecule has 0 bridgehead atoms. The number of aliphatic hydroxyl groups excluding tert-OH is 1. The monoisotopic (exact) mass is 287 g/mol. The van der Waals surface area contributed by atoms with Gasteiger partial charge in [0.1, 0.15) is 0 Å². The van der Waals surface area contributed by atoms with E-state index in [1.165, 1.54) is 23.3 Å². The van der Waals surface area contributed by atoms with Crippen LogP contribution >= 0.6 is 11.3 Å². The van der Waals surface area contributed by atoms with Crippen molar-refractivity contribution in [2.24, 2.45) is 0 Å². The third-order valence-electron chi connectivity index (χ3n) is 3.61. The van der Waals surface area contributed by atoms with Gasteiger partial charge in [0.2, 0.25) is 0 Å². The van der Waals surface area contributed by atoms with E-state index in [0.29, 0.717) is 0 Å². The SMILES string of the molecule is O=C(Nc1ccc(CO)cc1)c1cc2c(s1)CCCC2. The smallest absolute Gasteiger partial charge is 0.265 e. The van der Waals surface area contributed by atoms with Crippen LogP contribution in [0.25, 0.3) is 0 Å². The van der Waals surface area contributed by atoms with Crippen molar-refractivity contribution in [3.63, 3.8) is 0 Å². The first-order chi connectivity index (χ1) is 9.76. The molecular weight excluding hydrogens is 270 g/mol. The number of carbonyl (C=O) groups is 1. The second-order valence-corrected chi connectivity index (χ2v) is 6.21. The quantitative estimate of drug-likeness (QED) is 0.909. The highest BCUT2D eigenvalue weighted by molar-refractivity contribution is 7.14. The summed E-state index contributed by atoms with van der Waals surface area (Å²) in [7, 11) is 0. The van der Waals surface area contributed by atoms with Crippen LogP contribution in [0.5, 0.6) is 0 Å². The number of amides is 1. The van der Waals surface area contributed by atoms with Crippen LogP contribution in [0.4, 0.5) is 5.69 Å². The fourth-order valence-electron chi connectivity index (χ4n) is 2.49. The Morgan fingerprint density at radius 2 is 1.95 bits per heavy atom. The predicted octanol–water partition coefficient (Wildman–Crippen LogP) is 3.37. The number of anilines is 1. The second-order valence-electron chi connectivity index (χ2n) is 5.08. The highest BCUT2D eigenvalue weighted by Gasteiger charge is 2.17. The Balaban J connectivity index is 1.73. The number of aryl methyl sites for hydroxylation is 2. The van der Waals surface area contributed by atoms with Gasteiger partial charge in [-0.3, -0.25) is 4.79 Å². The molecule has 3 rings (SSSR count). The van der Waals surface area contributed by atoms with Gasteiger partial charge < -0.3 is 10.4 Å². The normalized spacial score (nSPS) is 13.8. The molecule has 0 radical (unpaired) electrons. The zero-order valence-electron chi connectivity index (χ0n) is 11.2. The van der Waals surface area contributed by atoms with Crippen molar-refractivity contribution in [1.82, 2.24) is 0 Å². The Bertz CT molecular complexity index is 592. The van der Waals surface area contributed by atoms with Crippen LogP contribution in [0.2, 0.25) is 0 Å². The van der Waals surface area contributed by atoms with E-state index in [9.17, 15) is 4.79 Å². The molecule has 1 amide bonds. The van der Waals surface area contributed by atoms with E-state index in [1.807, 2.05) is 30.3 Å². The molecule has 0 saturated carbocycles. The van der Waals surface area contributed by atoms with E-state index in [0.717, 1.165) is 29.0 Å². The van der Waals surface area contributed by atoms with Gasteiger partial charge in [-0.1, -0.05) is 12.1 Å². The van der Waals surface area contributed by atoms with Crippen molar-refractivity contribution in [1.29, 1.82) is 0 Å². The second kappa shape index (κ2) is 5.77. The van der Waals surface area contributed by atoms with Crippen molar-refractivity contribution < 1.29 is 9.90 Å². The number of rotatable bonds is 3. The Morgan fingerprint density at radius 1 is 1.20 bits per heavy atom. The number of fused-ring (bicyclic) bond motifs is 1. The fourth-order valence-corrected chi connectivity index (χ4v) is 3.64. The first-order valence-electron chi connectivity index (χ1n) is 6.89. The van der Waals surface area contributed by atoms with Crippen molar-refractivity contribution in [3.05, 3.63) is 51.2 Å². The number of aliphatic hydroxyl groups is 1. The van der Waals surface area contributed by atoms with E-state index < -0.39 is 0 Å². The first-order valence-corrected chi connectivity index (χ1v) is 7.70. The van der Waals surface area contributed by atoms with Crippen molar-refractivity contribution in [2.45, 2.75) is 32.3 Å². The van der Waals surface area contributed by atoms with Gasteiger partial charge >= 0.3 is 0 Å². The molecule has 0 aliphatic heterocycles. The molecule has 1 aromatic heterocycles. The van der Waals surface area contributed by atoms with Gasteiger partial charge in [-0.15, -0.1) is 11.3 Å². The number of carbonyl (C=O) groups excluding carboxylic acids is 1. The lowest BCUT2D eigenvalue weighted by Gasteiger charge is -2.08. The van der Waals surface area contributed by atoms with Crippen LogP contribution in [0.15, 0.2) is 30.3 Å². The molecule has 4 heteroatoms. The van der Waals surface area contributed by atoms with Gasteiger partial charge in [-0.2, -0.15) is 0 Å². The van der Waals surface area contributed by atoms with Gasteiger partial charge in [-0.25, -0.2) is 0 Å². The maximum absolute atomic E-state index is 12.2. The molecule has 0 fully saturated rings. The van der Waals surface area contributed by atoms with Gasteiger partial charge in [0, 0.05) is 10.6 Å². The molecule has 2 aromatic rings. The summed E-state index contributed by atoms with van der Waals surface area (Å²) in [5.74, 6) is -0.0406. The highest BCUT2D eigenvalue weighted by atomic mass is 32.1. The summed E-state index contributed by atoms with van der Waals surface area (Å²) in [5.41, 5.74) is 2.95. The Kier molecular flexibility index (Phi) is 3.85. The van der Waals surface area contributed by atoms with Crippen molar-refractivity contribution >= 4 is 22.9 Å². The molecule has 2 N–H and O–H groups in total. The number of thiophene rings is 1.